The van der Waals surface area contributed by atoms with Crippen LogP contribution < -0.4 is 0 Å². The van der Waals surface area contributed by atoms with Gasteiger partial charge in [-0.3, -0.25) is 0 Å². The second-order valence-electron chi connectivity index (χ2n) is 4.04. The molecule has 0 spiro atoms. The van der Waals surface area contributed by atoms with E-state index < -0.39 is 0 Å². The topological polar surface area (TPSA) is 17.8 Å². The number of halogens is 2. The second kappa shape index (κ2) is 3.04. The predicted octanol–water partition coefficient (Wildman–Crippen LogP) is 3.45. The van der Waals surface area contributed by atoms with E-state index in [0.717, 1.165) is 29.7 Å². The molecule has 0 amide bonds. The number of nitrogens with zero attached hydrogens (tertiary/aromatic N) is 2. The van der Waals surface area contributed by atoms with Crippen LogP contribution in [-0.4, -0.2) is 9.55 Å². The van der Waals surface area contributed by atoms with Crippen molar-refractivity contribution in [1.82, 2.24) is 9.55 Å². The smallest absolute Gasteiger partial charge is 0.139 e. The van der Waals surface area contributed by atoms with Crippen molar-refractivity contribution >= 4 is 27.0 Å². The van der Waals surface area contributed by atoms with E-state index in [2.05, 4.69) is 32.4 Å². The monoisotopic (exact) mass is 268 g/mol. The number of hydrogen-bond donors (Lipinski definition) is 0. The van der Waals surface area contributed by atoms with E-state index in [1.54, 1.807) is 12.1 Å². The van der Waals surface area contributed by atoms with Gasteiger partial charge in [0, 0.05) is 18.5 Å². The molecule has 15 heavy (non-hydrogen) atoms. The van der Waals surface area contributed by atoms with Crippen molar-refractivity contribution in [2.75, 3.05) is 0 Å². The molecule has 1 atom stereocenters. The molecule has 0 saturated heterocycles. The Morgan fingerprint density at radius 2 is 2.33 bits per heavy atom. The Morgan fingerprint density at radius 1 is 1.53 bits per heavy atom. The molecule has 3 rings (SSSR count). The highest BCUT2D eigenvalue weighted by molar-refractivity contribution is 9.10. The third-order valence-electron chi connectivity index (χ3n) is 3.03. The molecule has 0 unspecified atom stereocenters. The first-order valence-electron chi connectivity index (χ1n) is 5.02. The first kappa shape index (κ1) is 9.33. The summed E-state index contributed by atoms with van der Waals surface area (Å²) in [5.41, 5.74) is 1.79. The van der Waals surface area contributed by atoms with Crippen LogP contribution in [0.2, 0.25) is 0 Å². The van der Waals surface area contributed by atoms with Gasteiger partial charge in [0.25, 0.3) is 0 Å². The summed E-state index contributed by atoms with van der Waals surface area (Å²) in [5.74, 6) is 0.860. The molecule has 2 heterocycles. The number of aryl methyl sites for hydroxylation is 1. The van der Waals surface area contributed by atoms with Crippen molar-refractivity contribution < 1.29 is 4.39 Å². The van der Waals surface area contributed by atoms with Gasteiger partial charge in [0.1, 0.15) is 11.6 Å². The van der Waals surface area contributed by atoms with Crippen LogP contribution >= 0.6 is 15.9 Å². The molecule has 0 radical (unpaired) electrons. The summed E-state index contributed by atoms with van der Waals surface area (Å²) in [5, 5.41) is 0. The molecule has 1 aliphatic heterocycles. The summed E-state index contributed by atoms with van der Waals surface area (Å²) in [6, 6.07) is 3.76. The Morgan fingerprint density at radius 3 is 3.13 bits per heavy atom. The molecule has 2 aromatic rings. The average molecular weight is 269 g/mol. The minimum atomic E-state index is -0.218. The second-order valence-corrected chi connectivity index (χ2v) is 4.90. The highest BCUT2D eigenvalue weighted by Gasteiger charge is 2.22. The van der Waals surface area contributed by atoms with Crippen LogP contribution in [0.1, 0.15) is 25.2 Å². The molecule has 1 aliphatic rings. The SMILES string of the molecule is C[C@H]1CCc2nc3cc(Br)c(F)cc3n21. The van der Waals surface area contributed by atoms with Gasteiger partial charge in [-0.15, -0.1) is 0 Å². The van der Waals surface area contributed by atoms with Crippen LogP contribution in [0.3, 0.4) is 0 Å². The van der Waals surface area contributed by atoms with Gasteiger partial charge in [0.2, 0.25) is 0 Å². The zero-order chi connectivity index (χ0) is 10.6. The van der Waals surface area contributed by atoms with Crippen LogP contribution in [0.4, 0.5) is 4.39 Å². The molecule has 1 aromatic carbocycles. The van der Waals surface area contributed by atoms with E-state index in [0.29, 0.717) is 10.5 Å². The molecule has 2 nitrogen and oxygen atoms in total. The van der Waals surface area contributed by atoms with Crippen molar-refractivity contribution in [3.63, 3.8) is 0 Å². The number of hydrogen-bond acceptors (Lipinski definition) is 1. The summed E-state index contributed by atoms with van der Waals surface area (Å²) in [6.45, 7) is 2.15. The zero-order valence-corrected chi connectivity index (χ0v) is 9.88. The van der Waals surface area contributed by atoms with Gasteiger partial charge >= 0.3 is 0 Å². The maximum Gasteiger partial charge on any atom is 0.139 e. The quantitative estimate of drug-likeness (QED) is 0.716. The molecule has 1 aromatic heterocycles. The van der Waals surface area contributed by atoms with E-state index in [1.807, 2.05) is 0 Å². The first-order chi connectivity index (χ1) is 7.16. The van der Waals surface area contributed by atoms with Crippen molar-refractivity contribution in [3.8, 4) is 0 Å². The van der Waals surface area contributed by atoms with E-state index in [-0.39, 0.29) is 5.82 Å². The standard InChI is InChI=1S/C11H10BrFN2/c1-6-2-3-11-14-9-4-7(12)8(13)5-10(9)15(6)11/h4-6H,2-3H2,1H3/t6-/m0/s1. The Hall–Kier alpha value is -0.900. The van der Waals surface area contributed by atoms with Crippen LogP contribution in [-0.2, 0) is 6.42 Å². The van der Waals surface area contributed by atoms with E-state index in [1.165, 1.54) is 0 Å². The summed E-state index contributed by atoms with van der Waals surface area (Å²) >= 11 is 3.18. The van der Waals surface area contributed by atoms with Crippen molar-refractivity contribution in [2.24, 2.45) is 0 Å². The minimum absolute atomic E-state index is 0.218. The highest BCUT2D eigenvalue weighted by Crippen LogP contribution is 2.32. The zero-order valence-electron chi connectivity index (χ0n) is 8.30. The van der Waals surface area contributed by atoms with E-state index in [4.69, 9.17) is 0 Å². The predicted molar refractivity (Wildman–Crippen MR) is 60.4 cm³/mol. The van der Waals surface area contributed by atoms with Crippen molar-refractivity contribution in [3.05, 3.63) is 28.2 Å². The van der Waals surface area contributed by atoms with Crippen LogP contribution in [0.15, 0.2) is 16.6 Å². The molecule has 0 fully saturated rings. The minimum Gasteiger partial charge on any atom is -0.325 e. The molecular weight excluding hydrogens is 259 g/mol. The summed E-state index contributed by atoms with van der Waals surface area (Å²) in [4.78, 5) is 4.51. The van der Waals surface area contributed by atoms with Crippen molar-refractivity contribution in [1.29, 1.82) is 0 Å². The Bertz CT molecular complexity index is 547. The maximum absolute atomic E-state index is 13.4. The van der Waals surface area contributed by atoms with Gasteiger partial charge in [-0.2, -0.15) is 0 Å². The Labute approximate surface area is 95.2 Å². The Balaban J connectivity index is 2.37. The van der Waals surface area contributed by atoms with Gasteiger partial charge in [0.15, 0.2) is 0 Å². The average Bonchev–Trinajstić information content (AvgIpc) is 2.69. The molecule has 0 aliphatic carbocycles. The van der Waals surface area contributed by atoms with E-state index in [9.17, 15) is 4.39 Å². The van der Waals surface area contributed by atoms with Gasteiger partial charge in [0.05, 0.1) is 15.5 Å². The fourth-order valence-electron chi connectivity index (χ4n) is 2.28. The normalized spacial score (nSPS) is 19.8. The molecule has 78 valence electrons. The third kappa shape index (κ3) is 1.24. The van der Waals surface area contributed by atoms with E-state index >= 15 is 0 Å². The maximum atomic E-state index is 13.4. The third-order valence-corrected chi connectivity index (χ3v) is 3.64. The highest BCUT2D eigenvalue weighted by atomic mass is 79.9. The molecule has 0 saturated carbocycles. The van der Waals surface area contributed by atoms with Gasteiger partial charge < -0.3 is 4.57 Å². The van der Waals surface area contributed by atoms with Crippen LogP contribution in [0.5, 0.6) is 0 Å². The lowest BCUT2D eigenvalue weighted by Gasteiger charge is -2.07. The molecule has 0 bridgehead atoms. The summed E-state index contributed by atoms with van der Waals surface area (Å²) in [6.07, 6.45) is 2.10. The number of aromatic nitrogens is 2. The molecule has 0 N–H and O–H groups in total. The lowest BCUT2D eigenvalue weighted by molar-refractivity contribution is 0.591. The Kier molecular flexibility index (Phi) is 1.89. The number of fused-ring (bicyclic) bond motifs is 3. The molecular formula is C11H10BrFN2. The largest absolute Gasteiger partial charge is 0.325 e. The number of imidazole rings is 1. The summed E-state index contributed by atoms with van der Waals surface area (Å²) < 4.78 is 16.1. The van der Waals surface area contributed by atoms with Crippen LogP contribution in [0, 0.1) is 5.82 Å². The van der Waals surface area contributed by atoms with Crippen molar-refractivity contribution in [2.45, 2.75) is 25.8 Å². The lowest BCUT2D eigenvalue weighted by atomic mass is 10.2. The summed E-state index contributed by atoms with van der Waals surface area (Å²) in [7, 11) is 0. The number of rotatable bonds is 0. The fourth-order valence-corrected chi connectivity index (χ4v) is 2.61. The van der Waals surface area contributed by atoms with Gasteiger partial charge in [-0.25, -0.2) is 9.37 Å². The lowest BCUT2D eigenvalue weighted by Crippen LogP contribution is -1.98. The first-order valence-corrected chi connectivity index (χ1v) is 5.82. The van der Waals surface area contributed by atoms with Gasteiger partial charge in [-0.1, -0.05) is 0 Å². The van der Waals surface area contributed by atoms with Crippen LogP contribution in [0.25, 0.3) is 11.0 Å². The fraction of sp³-hybridized carbons (Fsp3) is 0.364. The number of benzene rings is 1. The molecule has 4 heteroatoms. The van der Waals surface area contributed by atoms with Gasteiger partial charge in [-0.05, 0) is 35.3 Å².